The van der Waals surface area contributed by atoms with Crippen LogP contribution < -0.4 is 5.32 Å². The average Bonchev–Trinajstić information content (AvgIpc) is 2.34. The molecule has 0 aromatic heterocycles. The lowest BCUT2D eigenvalue weighted by atomic mass is 9.76. The molecular weight excluding hydrogens is 269 g/mol. The van der Waals surface area contributed by atoms with E-state index < -0.39 is 5.60 Å². The Morgan fingerprint density at radius 1 is 1.39 bits per heavy atom. The number of hydrogen-bond acceptors (Lipinski definition) is 2. The van der Waals surface area contributed by atoms with Crippen molar-refractivity contribution in [3.8, 4) is 0 Å². The molecule has 2 atom stereocenters. The average molecular weight is 288 g/mol. The van der Waals surface area contributed by atoms with Gasteiger partial charge in [-0.2, -0.15) is 0 Å². The zero-order chi connectivity index (χ0) is 13.2. The van der Waals surface area contributed by atoms with E-state index in [2.05, 4.69) is 12.2 Å². The zero-order valence-corrected chi connectivity index (χ0v) is 12.1. The minimum absolute atomic E-state index is 0.292. The molecule has 1 aliphatic heterocycles. The Hall–Kier alpha value is -0.280. The van der Waals surface area contributed by atoms with E-state index in [0.717, 1.165) is 31.5 Å². The first-order valence-corrected chi connectivity index (χ1v) is 7.18. The smallest absolute Gasteiger partial charge is 0.0740 e. The largest absolute Gasteiger partial charge is 0.389 e. The van der Waals surface area contributed by atoms with Crippen LogP contribution in [0, 0.1) is 5.92 Å². The fraction of sp³-hybridized carbons (Fsp3) is 0.571. The SMILES string of the molecule is CCC1CNCCC1(O)Cc1ccc(Cl)c(Cl)c1. The first-order chi connectivity index (χ1) is 8.55. The third-order valence-electron chi connectivity index (χ3n) is 3.87. The minimum atomic E-state index is -0.628. The van der Waals surface area contributed by atoms with Gasteiger partial charge in [-0.15, -0.1) is 0 Å². The summed E-state index contributed by atoms with van der Waals surface area (Å²) in [5.41, 5.74) is 0.421. The summed E-state index contributed by atoms with van der Waals surface area (Å²) in [4.78, 5) is 0. The second-order valence-electron chi connectivity index (χ2n) is 5.09. The summed E-state index contributed by atoms with van der Waals surface area (Å²) in [6, 6.07) is 5.60. The Morgan fingerprint density at radius 3 is 2.83 bits per heavy atom. The highest BCUT2D eigenvalue weighted by molar-refractivity contribution is 6.42. The Balaban J connectivity index is 2.17. The lowest BCUT2D eigenvalue weighted by Crippen LogP contribution is -2.51. The predicted octanol–water partition coefficient (Wildman–Crippen LogP) is 3.29. The van der Waals surface area contributed by atoms with Crippen LogP contribution in [-0.2, 0) is 6.42 Å². The van der Waals surface area contributed by atoms with Crippen molar-refractivity contribution in [2.24, 2.45) is 5.92 Å². The fourth-order valence-electron chi connectivity index (χ4n) is 2.74. The first-order valence-electron chi connectivity index (χ1n) is 6.42. The van der Waals surface area contributed by atoms with Gasteiger partial charge in [0.25, 0.3) is 0 Å². The van der Waals surface area contributed by atoms with E-state index in [-0.39, 0.29) is 0 Å². The van der Waals surface area contributed by atoms with Crippen molar-refractivity contribution in [2.75, 3.05) is 13.1 Å². The molecule has 2 rings (SSSR count). The molecule has 0 bridgehead atoms. The van der Waals surface area contributed by atoms with E-state index in [0.29, 0.717) is 22.4 Å². The van der Waals surface area contributed by atoms with Crippen LogP contribution in [0.15, 0.2) is 18.2 Å². The standard InChI is InChI=1S/C14H19Cl2NO/c1-2-11-9-17-6-5-14(11,18)8-10-3-4-12(15)13(16)7-10/h3-4,7,11,17-18H,2,5-6,8-9H2,1H3. The molecule has 1 fully saturated rings. The Morgan fingerprint density at radius 2 is 2.17 bits per heavy atom. The van der Waals surface area contributed by atoms with Crippen molar-refractivity contribution in [2.45, 2.75) is 31.8 Å². The van der Waals surface area contributed by atoms with E-state index in [1.807, 2.05) is 12.1 Å². The van der Waals surface area contributed by atoms with E-state index in [9.17, 15) is 5.11 Å². The fourth-order valence-corrected chi connectivity index (χ4v) is 3.06. The van der Waals surface area contributed by atoms with Crippen LogP contribution in [-0.4, -0.2) is 23.8 Å². The van der Waals surface area contributed by atoms with Crippen LogP contribution in [0.1, 0.15) is 25.3 Å². The third kappa shape index (κ3) is 3.00. The maximum absolute atomic E-state index is 10.8. The molecule has 0 aliphatic carbocycles. The van der Waals surface area contributed by atoms with Crippen molar-refractivity contribution in [3.05, 3.63) is 33.8 Å². The van der Waals surface area contributed by atoms with Crippen molar-refractivity contribution >= 4 is 23.2 Å². The van der Waals surface area contributed by atoms with Gasteiger partial charge in [-0.1, -0.05) is 36.2 Å². The summed E-state index contributed by atoms with van der Waals surface area (Å²) < 4.78 is 0. The quantitative estimate of drug-likeness (QED) is 0.894. The summed E-state index contributed by atoms with van der Waals surface area (Å²) in [6.45, 7) is 3.88. The van der Waals surface area contributed by atoms with Gasteiger partial charge in [0.1, 0.15) is 0 Å². The summed E-state index contributed by atoms with van der Waals surface area (Å²) in [5.74, 6) is 0.292. The minimum Gasteiger partial charge on any atom is -0.389 e. The van der Waals surface area contributed by atoms with Gasteiger partial charge in [0.05, 0.1) is 15.6 Å². The lowest BCUT2D eigenvalue weighted by Gasteiger charge is -2.40. The molecular formula is C14H19Cl2NO. The van der Waals surface area contributed by atoms with Gasteiger partial charge in [0, 0.05) is 18.9 Å². The molecule has 2 nitrogen and oxygen atoms in total. The van der Waals surface area contributed by atoms with Crippen LogP contribution in [0.4, 0.5) is 0 Å². The summed E-state index contributed by atoms with van der Waals surface area (Å²) in [7, 11) is 0. The van der Waals surface area contributed by atoms with Crippen LogP contribution >= 0.6 is 23.2 Å². The Labute approximate surface area is 118 Å². The van der Waals surface area contributed by atoms with Crippen molar-refractivity contribution < 1.29 is 5.11 Å². The molecule has 0 radical (unpaired) electrons. The van der Waals surface area contributed by atoms with E-state index in [1.54, 1.807) is 6.07 Å². The molecule has 1 aromatic rings. The maximum Gasteiger partial charge on any atom is 0.0740 e. The van der Waals surface area contributed by atoms with Crippen LogP contribution in [0.2, 0.25) is 10.0 Å². The topological polar surface area (TPSA) is 32.3 Å². The molecule has 4 heteroatoms. The van der Waals surface area contributed by atoms with Gasteiger partial charge in [-0.3, -0.25) is 0 Å². The zero-order valence-electron chi connectivity index (χ0n) is 10.5. The van der Waals surface area contributed by atoms with Gasteiger partial charge >= 0.3 is 0 Å². The third-order valence-corrected chi connectivity index (χ3v) is 4.61. The molecule has 18 heavy (non-hydrogen) atoms. The lowest BCUT2D eigenvalue weighted by molar-refractivity contribution is -0.0414. The predicted molar refractivity (Wildman–Crippen MR) is 76.4 cm³/mol. The molecule has 0 amide bonds. The van der Waals surface area contributed by atoms with Gasteiger partial charge in [-0.25, -0.2) is 0 Å². The van der Waals surface area contributed by atoms with E-state index >= 15 is 0 Å². The summed E-state index contributed by atoms with van der Waals surface area (Å²) in [6.07, 6.45) is 2.40. The number of benzene rings is 1. The highest BCUT2D eigenvalue weighted by atomic mass is 35.5. The van der Waals surface area contributed by atoms with E-state index in [4.69, 9.17) is 23.2 Å². The normalized spacial score (nSPS) is 28.3. The molecule has 1 heterocycles. The maximum atomic E-state index is 10.8. The van der Waals surface area contributed by atoms with Crippen LogP contribution in [0.3, 0.4) is 0 Å². The molecule has 2 unspecified atom stereocenters. The highest BCUT2D eigenvalue weighted by Gasteiger charge is 2.37. The molecule has 1 aromatic carbocycles. The number of nitrogens with one attached hydrogen (secondary N) is 1. The number of aliphatic hydroxyl groups is 1. The van der Waals surface area contributed by atoms with Gasteiger partial charge in [-0.05, 0) is 37.1 Å². The molecule has 1 saturated heterocycles. The Bertz CT molecular complexity index is 424. The van der Waals surface area contributed by atoms with Crippen LogP contribution in [0.5, 0.6) is 0 Å². The van der Waals surface area contributed by atoms with Crippen molar-refractivity contribution in [3.63, 3.8) is 0 Å². The van der Waals surface area contributed by atoms with Gasteiger partial charge < -0.3 is 10.4 Å². The van der Waals surface area contributed by atoms with Gasteiger partial charge in [0.15, 0.2) is 0 Å². The molecule has 0 saturated carbocycles. The Kier molecular flexibility index (Phi) is 4.54. The summed E-state index contributed by atoms with van der Waals surface area (Å²) in [5, 5.41) is 15.3. The van der Waals surface area contributed by atoms with Crippen molar-refractivity contribution in [1.82, 2.24) is 5.32 Å². The summed E-state index contributed by atoms with van der Waals surface area (Å²) >= 11 is 11.9. The second-order valence-corrected chi connectivity index (χ2v) is 5.90. The van der Waals surface area contributed by atoms with E-state index in [1.165, 1.54) is 0 Å². The molecule has 100 valence electrons. The molecule has 0 spiro atoms. The highest BCUT2D eigenvalue weighted by Crippen LogP contribution is 2.32. The molecule has 2 N–H and O–H groups in total. The number of halogens is 2. The van der Waals surface area contributed by atoms with Crippen LogP contribution in [0.25, 0.3) is 0 Å². The molecule has 1 aliphatic rings. The number of piperidine rings is 1. The van der Waals surface area contributed by atoms with Crippen molar-refractivity contribution in [1.29, 1.82) is 0 Å². The monoisotopic (exact) mass is 287 g/mol. The second kappa shape index (κ2) is 5.79. The first kappa shape index (κ1) is 14.1. The number of hydrogen-bond donors (Lipinski definition) is 2. The number of rotatable bonds is 3. The van der Waals surface area contributed by atoms with Gasteiger partial charge in [0.2, 0.25) is 0 Å².